The average Bonchev–Trinajstić information content (AvgIpc) is 3.22. The van der Waals surface area contributed by atoms with Crippen molar-refractivity contribution < 1.29 is 4.79 Å². The number of halogens is 2. The van der Waals surface area contributed by atoms with Gasteiger partial charge in [-0.15, -0.1) is 5.10 Å². The monoisotopic (exact) mass is 475 g/mol. The van der Waals surface area contributed by atoms with E-state index in [2.05, 4.69) is 58.0 Å². The Bertz CT molecular complexity index is 1360. The predicted octanol–water partition coefficient (Wildman–Crippen LogP) is 6.20. The molecule has 2 heterocycles. The van der Waals surface area contributed by atoms with Gasteiger partial charge in [0, 0.05) is 21.3 Å². The molecule has 1 amide bonds. The van der Waals surface area contributed by atoms with Gasteiger partial charge in [0.2, 0.25) is 5.95 Å². The van der Waals surface area contributed by atoms with Crippen LogP contribution in [-0.4, -0.2) is 20.7 Å². The largest absolute Gasteiger partial charge is 0.324 e. The third kappa shape index (κ3) is 4.49. The molecular formula is C25H19Cl2N5O. The Labute approximate surface area is 200 Å². The highest BCUT2D eigenvalue weighted by Crippen LogP contribution is 2.33. The number of aryl methyl sites for hydroxylation is 1. The molecule has 1 atom stereocenters. The van der Waals surface area contributed by atoms with E-state index < -0.39 is 0 Å². The van der Waals surface area contributed by atoms with Crippen molar-refractivity contribution in [3.8, 4) is 0 Å². The highest BCUT2D eigenvalue weighted by molar-refractivity contribution is 6.31. The summed E-state index contributed by atoms with van der Waals surface area (Å²) >= 11 is 12.1. The lowest BCUT2D eigenvalue weighted by atomic mass is 10.0. The van der Waals surface area contributed by atoms with Crippen LogP contribution in [0.1, 0.15) is 33.1 Å². The predicted molar refractivity (Wildman–Crippen MR) is 132 cm³/mol. The second-order valence-electron chi connectivity index (χ2n) is 7.74. The molecular weight excluding hydrogens is 457 g/mol. The topological polar surface area (TPSA) is 71.8 Å². The highest BCUT2D eigenvalue weighted by atomic mass is 35.5. The summed E-state index contributed by atoms with van der Waals surface area (Å²) in [7, 11) is 0. The van der Waals surface area contributed by atoms with Crippen LogP contribution in [0.2, 0.25) is 10.0 Å². The van der Waals surface area contributed by atoms with Crippen LogP contribution in [0.3, 0.4) is 0 Å². The maximum Gasteiger partial charge on any atom is 0.258 e. The SMILES string of the molecule is Cc1ccc(C2=C[C@H](c3ccc(Cl)cc3)n3nc(NC(=O)c4cccc(Cl)c4)nc3N2)cc1. The number of nitrogens with one attached hydrogen (secondary N) is 2. The molecule has 4 aromatic rings. The van der Waals surface area contributed by atoms with Gasteiger partial charge in [-0.1, -0.05) is 71.2 Å². The number of allylic oxidation sites excluding steroid dienone is 1. The molecule has 1 aromatic heterocycles. The van der Waals surface area contributed by atoms with Gasteiger partial charge in [-0.05, 0) is 54.5 Å². The van der Waals surface area contributed by atoms with Crippen LogP contribution in [0.15, 0.2) is 78.9 Å². The first kappa shape index (κ1) is 21.2. The van der Waals surface area contributed by atoms with Crippen molar-refractivity contribution in [3.05, 3.63) is 111 Å². The molecule has 0 radical (unpaired) electrons. The maximum absolute atomic E-state index is 12.7. The summed E-state index contributed by atoms with van der Waals surface area (Å²) < 4.78 is 1.74. The van der Waals surface area contributed by atoms with E-state index in [0.717, 1.165) is 16.8 Å². The van der Waals surface area contributed by atoms with Crippen LogP contribution >= 0.6 is 23.2 Å². The zero-order valence-corrected chi connectivity index (χ0v) is 19.1. The fourth-order valence-electron chi connectivity index (χ4n) is 3.65. The molecule has 1 aliphatic heterocycles. The van der Waals surface area contributed by atoms with Gasteiger partial charge in [0.1, 0.15) is 6.04 Å². The average molecular weight is 476 g/mol. The van der Waals surface area contributed by atoms with Crippen molar-refractivity contribution in [2.24, 2.45) is 0 Å². The molecule has 6 nitrogen and oxygen atoms in total. The molecule has 0 spiro atoms. The van der Waals surface area contributed by atoms with Crippen LogP contribution < -0.4 is 10.6 Å². The lowest BCUT2D eigenvalue weighted by molar-refractivity contribution is 0.102. The van der Waals surface area contributed by atoms with Crippen molar-refractivity contribution in [2.45, 2.75) is 13.0 Å². The van der Waals surface area contributed by atoms with E-state index in [0.29, 0.717) is 21.6 Å². The number of aromatic nitrogens is 3. The number of amides is 1. The molecule has 33 heavy (non-hydrogen) atoms. The van der Waals surface area contributed by atoms with Crippen molar-refractivity contribution in [1.82, 2.24) is 14.8 Å². The Hall–Kier alpha value is -3.61. The summed E-state index contributed by atoms with van der Waals surface area (Å²) in [6.07, 6.45) is 2.08. The number of hydrogen-bond acceptors (Lipinski definition) is 4. The van der Waals surface area contributed by atoms with Gasteiger partial charge in [-0.25, -0.2) is 4.68 Å². The molecule has 0 saturated carbocycles. The Kier molecular flexibility index (Phi) is 5.62. The maximum atomic E-state index is 12.7. The summed E-state index contributed by atoms with van der Waals surface area (Å²) in [6.45, 7) is 2.05. The van der Waals surface area contributed by atoms with E-state index in [1.807, 2.05) is 24.3 Å². The van der Waals surface area contributed by atoms with Crippen LogP contribution in [0.25, 0.3) is 5.70 Å². The minimum atomic E-state index is -0.338. The quantitative estimate of drug-likeness (QED) is 0.368. The van der Waals surface area contributed by atoms with Gasteiger partial charge in [0.15, 0.2) is 0 Å². The van der Waals surface area contributed by atoms with E-state index in [4.69, 9.17) is 23.2 Å². The Morgan fingerprint density at radius 3 is 2.48 bits per heavy atom. The number of carbonyl (C=O) groups is 1. The Morgan fingerprint density at radius 1 is 1.00 bits per heavy atom. The first-order valence-corrected chi connectivity index (χ1v) is 11.1. The molecule has 0 fully saturated rings. The number of benzene rings is 3. The molecule has 0 saturated heterocycles. The molecule has 3 aromatic carbocycles. The van der Waals surface area contributed by atoms with Crippen LogP contribution in [0.5, 0.6) is 0 Å². The molecule has 1 aliphatic rings. The first-order chi connectivity index (χ1) is 16.0. The number of carbonyl (C=O) groups excluding carboxylic acids is 1. The Morgan fingerprint density at radius 2 is 1.76 bits per heavy atom. The second-order valence-corrected chi connectivity index (χ2v) is 8.61. The summed E-state index contributed by atoms with van der Waals surface area (Å²) in [5.74, 6) is 0.379. The van der Waals surface area contributed by atoms with Gasteiger partial charge < -0.3 is 5.32 Å². The summed E-state index contributed by atoms with van der Waals surface area (Å²) in [5.41, 5.74) is 4.53. The molecule has 0 bridgehead atoms. The number of hydrogen-bond donors (Lipinski definition) is 2. The zero-order valence-electron chi connectivity index (χ0n) is 17.6. The van der Waals surface area contributed by atoms with Gasteiger partial charge in [-0.2, -0.15) is 4.98 Å². The first-order valence-electron chi connectivity index (χ1n) is 10.3. The molecule has 8 heteroatoms. The van der Waals surface area contributed by atoms with Gasteiger partial charge in [0.05, 0.1) is 0 Å². The summed E-state index contributed by atoms with van der Waals surface area (Å²) in [4.78, 5) is 17.2. The minimum absolute atomic E-state index is 0.194. The lowest BCUT2D eigenvalue weighted by Gasteiger charge is -2.24. The summed E-state index contributed by atoms with van der Waals surface area (Å²) in [6, 6.07) is 22.3. The fourth-order valence-corrected chi connectivity index (χ4v) is 3.96. The number of nitrogens with zero attached hydrogens (tertiary/aromatic N) is 3. The number of anilines is 2. The van der Waals surface area contributed by atoms with E-state index in [9.17, 15) is 4.79 Å². The highest BCUT2D eigenvalue weighted by Gasteiger charge is 2.26. The van der Waals surface area contributed by atoms with Crippen LogP contribution in [0, 0.1) is 6.92 Å². The fraction of sp³-hybridized carbons (Fsp3) is 0.0800. The van der Waals surface area contributed by atoms with E-state index in [-0.39, 0.29) is 17.9 Å². The summed E-state index contributed by atoms with van der Waals surface area (Å²) in [5, 5.41) is 11.8. The smallest absolute Gasteiger partial charge is 0.258 e. The van der Waals surface area contributed by atoms with Crippen LogP contribution in [0.4, 0.5) is 11.9 Å². The van der Waals surface area contributed by atoms with Crippen molar-refractivity contribution in [2.75, 3.05) is 10.6 Å². The van der Waals surface area contributed by atoms with Crippen molar-refractivity contribution in [1.29, 1.82) is 0 Å². The van der Waals surface area contributed by atoms with E-state index >= 15 is 0 Å². The van der Waals surface area contributed by atoms with Gasteiger partial charge in [-0.3, -0.25) is 10.1 Å². The normalized spacial score (nSPS) is 14.8. The molecule has 0 aliphatic carbocycles. The van der Waals surface area contributed by atoms with Crippen molar-refractivity contribution >= 4 is 46.7 Å². The second kappa shape index (κ2) is 8.73. The zero-order chi connectivity index (χ0) is 22.9. The van der Waals surface area contributed by atoms with E-state index in [1.165, 1.54) is 5.56 Å². The Balaban J connectivity index is 1.51. The third-order valence-corrected chi connectivity index (χ3v) is 5.84. The molecule has 0 unspecified atom stereocenters. The van der Waals surface area contributed by atoms with Crippen molar-refractivity contribution in [3.63, 3.8) is 0 Å². The standard InChI is InChI=1S/C25H19Cl2N5O/c1-15-5-7-16(8-6-15)21-14-22(17-9-11-19(26)12-10-17)32-25(28-21)30-24(31-32)29-23(33)18-3-2-4-20(27)13-18/h2-14,22H,1H3,(H2,28,29,30,31,33)/t22-/m1/s1. The lowest BCUT2D eigenvalue weighted by Crippen LogP contribution is -2.20. The van der Waals surface area contributed by atoms with Crippen LogP contribution in [-0.2, 0) is 0 Å². The van der Waals surface area contributed by atoms with Gasteiger partial charge >= 0.3 is 0 Å². The third-order valence-electron chi connectivity index (χ3n) is 5.35. The number of fused-ring (bicyclic) bond motifs is 1. The minimum Gasteiger partial charge on any atom is -0.324 e. The number of rotatable bonds is 4. The molecule has 2 N–H and O–H groups in total. The molecule has 5 rings (SSSR count). The van der Waals surface area contributed by atoms with Gasteiger partial charge in [0.25, 0.3) is 11.9 Å². The molecule has 164 valence electrons. The van der Waals surface area contributed by atoms with E-state index in [1.54, 1.807) is 28.9 Å².